The van der Waals surface area contributed by atoms with Gasteiger partial charge in [0, 0.05) is 19.3 Å². The zero-order valence-corrected chi connectivity index (χ0v) is 13.1. The van der Waals surface area contributed by atoms with Crippen molar-refractivity contribution in [2.24, 2.45) is 0 Å². The average Bonchev–Trinajstić information content (AvgIpc) is 2.75. The standard InChI is InChI=1S/C12H16N4O3S2/c1-21(18,19)16-7-3-6-15-12(17)11-9(13)10-8(20-11)4-2-5-14-10/h2,4-5,16H,3,6-7,13H2,1H3,(H,15,17). The molecule has 4 N–H and O–H groups in total. The number of aromatic nitrogens is 1. The van der Waals surface area contributed by atoms with Crippen molar-refractivity contribution in [2.45, 2.75) is 6.42 Å². The zero-order chi connectivity index (χ0) is 15.5. The summed E-state index contributed by atoms with van der Waals surface area (Å²) in [6, 6.07) is 3.65. The van der Waals surface area contributed by atoms with E-state index in [9.17, 15) is 13.2 Å². The summed E-state index contributed by atoms with van der Waals surface area (Å²) in [5.41, 5.74) is 6.93. The van der Waals surface area contributed by atoms with Gasteiger partial charge in [0.15, 0.2) is 0 Å². The molecule has 0 fully saturated rings. The number of anilines is 1. The lowest BCUT2D eigenvalue weighted by Crippen LogP contribution is -2.29. The summed E-state index contributed by atoms with van der Waals surface area (Å²) in [6.45, 7) is 0.644. The average molecular weight is 328 g/mol. The van der Waals surface area contributed by atoms with E-state index in [0.717, 1.165) is 11.0 Å². The molecule has 0 spiro atoms. The van der Waals surface area contributed by atoms with E-state index >= 15 is 0 Å². The third-order valence-corrected chi connectivity index (χ3v) is 4.58. The molecule has 0 aliphatic carbocycles. The number of fused-ring (bicyclic) bond motifs is 1. The van der Waals surface area contributed by atoms with Gasteiger partial charge in [-0.25, -0.2) is 13.1 Å². The van der Waals surface area contributed by atoms with Crippen LogP contribution in [0.25, 0.3) is 10.2 Å². The molecule has 0 aliphatic heterocycles. The molecular weight excluding hydrogens is 312 g/mol. The van der Waals surface area contributed by atoms with Gasteiger partial charge in [-0.1, -0.05) is 0 Å². The van der Waals surface area contributed by atoms with E-state index in [1.807, 2.05) is 6.07 Å². The van der Waals surface area contributed by atoms with Gasteiger partial charge >= 0.3 is 0 Å². The number of carbonyl (C=O) groups excluding carboxylic acids is 1. The van der Waals surface area contributed by atoms with Crippen molar-refractivity contribution in [3.8, 4) is 0 Å². The minimum atomic E-state index is -3.19. The first-order valence-corrected chi connectivity index (χ1v) is 8.95. The molecule has 9 heteroatoms. The van der Waals surface area contributed by atoms with Crippen molar-refractivity contribution in [1.29, 1.82) is 0 Å². The molecule has 1 amide bonds. The number of nitrogens with zero attached hydrogens (tertiary/aromatic N) is 1. The lowest BCUT2D eigenvalue weighted by Gasteiger charge is -2.04. The number of thiophene rings is 1. The van der Waals surface area contributed by atoms with E-state index < -0.39 is 10.0 Å². The van der Waals surface area contributed by atoms with Crippen molar-refractivity contribution in [2.75, 3.05) is 25.1 Å². The molecule has 0 saturated carbocycles. The highest BCUT2D eigenvalue weighted by Crippen LogP contribution is 2.31. The van der Waals surface area contributed by atoms with Crippen LogP contribution in [-0.2, 0) is 10.0 Å². The molecule has 0 saturated heterocycles. The number of rotatable bonds is 6. The van der Waals surface area contributed by atoms with Crippen molar-refractivity contribution in [3.05, 3.63) is 23.2 Å². The lowest BCUT2D eigenvalue weighted by molar-refractivity contribution is 0.0958. The normalized spacial score (nSPS) is 11.7. The first kappa shape index (κ1) is 15.7. The van der Waals surface area contributed by atoms with Crippen LogP contribution in [0.15, 0.2) is 18.3 Å². The minimum absolute atomic E-state index is 0.269. The molecule has 2 heterocycles. The third-order valence-electron chi connectivity index (χ3n) is 2.69. The molecule has 0 aliphatic rings. The van der Waals surface area contributed by atoms with Gasteiger partial charge in [-0.2, -0.15) is 0 Å². The molecular formula is C12H16N4O3S2. The molecule has 0 unspecified atom stereocenters. The molecule has 21 heavy (non-hydrogen) atoms. The Balaban J connectivity index is 1.92. The third kappa shape index (κ3) is 4.13. The monoisotopic (exact) mass is 328 g/mol. The summed E-state index contributed by atoms with van der Waals surface area (Å²) in [6.07, 6.45) is 3.22. The van der Waals surface area contributed by atoms with Crippen molar-refractivity contribution in [1.82, 2.24) is 15.0 Å². The first-order valence-electron chi connectivity index (χ1n) is 6.24. The van der Waals surface area contributed by atoms with Gasteiger partial charge in [0.05, 0.1) is 16.6 Å². The maximum Gasteiger partial charge on any atom is 0.263 e. The number of nitrogens with two attached hydrogens (primary N) is 1. The number of pyridine rings is 1. The van der Waals surface area contributed by atoms with E-state index in [2.05, 4.69) is 15.0 Å². The van der Waals surface area contributed by atoms with Gasteiger partial charge < -0.3 is 11.1 Å². The fraction of sp³-hybridized carbons (Fsp3) is 0.333. The number of carbonyl (C=O) groups is 1. The number of sulfonamides is 1. The number of hydrogen-bond donors (Lipinski definition) is 3. The quantitative estimate of drug-likeness (QED) is 0.670. The number of hydrogen-bond acceptors (Lipinski definition) is 6. The van der Waals surface area contributed by atoms with Crippen LogP contribution in [0.1, 0.15) is 16.1 Å². The smallest absolute Gasteiger partial charge is 0.263 e. The van der Waals surface area contributed by atoms with Gasteiger partial charge in [-0.15, -0.1) is 11.3 Å². The Morgan fingerprint density at radius 2 is 2.19 bits per heavy atom. The lowest BCUT2D eigenvalue weighted by atomic mass is 10.3. The van der Waals surface area contributed by atoms with E-state index in [1.165, 1.54) is 11.3 Å². The molecule has 114 valence electrons. The topological polar surface area (TPSA) is 114 Å². The second kappa shape index (κ2) is 6.37. The van der Waals surface area contributed by atoms with Gasteiger partial charge in [0.2, 0.25) is 10.0 Å². The second-order valence-corrected chi connectivity index (χ2v) is 7.36. The Morgan fingerprint density at radius 1 is 1.43 bits per heavy atom. The molecule has 0 aromatic carbocycles. The Bertz CT molecular complexity index is 755. The van der Waals surface area contributed by atoms with Crippen LogP contribution in [0.2, 0.25) is 0 Å². The second-order valence-electron chi connectivity index (χ2n) is 4.47. The molecule has 2 aromatic rings. The van der Waals surface area contributed by atoms with Crippen molar-refractivity contribution < 1.29 is 13.2 Å². The predicted molar refractivity (Wildman–Crippen MR) is 83.8 cm³/mol. The molecule has 2 rings (SSSR count). The Hall–Kier alpha value is -1.71. The highest BCUT2D eigenvalue weighted by Gasteiger charge is 2.16. The van der Waals surface area contributed by atoms with Gasteiger partial charge in [-0.05, 0) is 18.6 Å². The highest BCUT2D eigenvalue weighted by atomic mass is 32.2. The Labute approximate surface area is 126 Å². The molecule has 7 nitrogen and oxygen atoms in total. The predicted octanol–water partition coefficient (Wildman–Crippen LogP) is 0.548. The van der Waals surface area contributed by atoms with Crippen LogP contribution in [0.4, 0.5) is 5.69 Å². The summed E-state index contributed by atoms with van der Waals surface area (Å²) in [4.78, 5) is 16.6. The number of amides is 1. The van der Waals surface area contributed by atoms with Gasteiger partial charge in [-0.3, -0.25) is 9.78 Å². The van der Waals surface area contributed by atoms with Crippen LogP contribution in [0.3, 0.4) is 0 Å². The summed E-state index contributed by atoms with van der Waals surface area (Å²) < 4.78 is 25.0. The Morgan fingerprint density at radius 3 is 2.86 bits per heavy atom. The van der Waals surface area contributed by atoms with Crippen LogP contribution >= 0.6 is 11.3 Å². The zero-order valence-electron chi connectivity index (χ0n) is 11.4. The SMILES string of the molecule is CS(=O)(=O)NCCCNC(=O)c1sc2cccnc2c1N. The van der Waals surface area contributed by atoms with E-state index in [0.29, 0.717) is 29.0 Å². The summed E-state index contributed by atoms with van der Waals surface area (Å²) in [5.74, 6) is -0.269. The fourth-order valence-corrected chi connectivity index (χ4v) is 3.26. The largest absolute Gasteiger partial charge is 0.396 e. The minimum Gasteiger partial charge on any atom is -0.396 e. The van der Waals surface area contributed by atoms with Crippen molar-refractivity contribution in [3.63, 3.8) is 0 Å². The number of nitrogen functional groups attached to an aromatic ring is 1. The van der Waals surface area contributed by atoms with Crippen LogP contribution in [-0.4, -0.2) is 38.7 Å². The Kier molecular flexibility index (Phi) is 4.76. The van der Waals surface area contributed by atoms with E-state index in [-0.39, 0.29) is 12.5 Å². The molecule has 0 bridgehead atoms. The summed E-state index contributed by atoms with van der Waals surface area (Å²) >= 11 is 1.29. The molecule has 0 radical (unpaired) electrons. The highest BCUT2D eigenvalue weighted by molar-refractivity contribution is 7.88. The fourth-order valence-electron chi connectivity index (χ4n) is 1.74. The maximum atomic E-state index is 12.0. The van der Waals surface area contributed by atoms with Crippen LogP contribution < -0.4 is 15.8 Å². The van der Waals surface area contributed by atoms with Crippen LogP contribution in [0.5, 0.6) is 0 Å². The van der Waals surface area contributed by atoms with E-state index in [4.69, 9.17) is 5.73 Å². The summed E-state index contributed by atoms with van der Waals surface area (Å²) in [7, 11) is -3.19. The van der Waals surface area contributed by atoms with E-state index in [1.54, 1.807) is 12.3 Å². The van der Waals surface area contributed by atoms with Gasteiger partial charge in [0.1, 0.15) is 10.4 Å². The number of nitrogens with one attached hydrogen (secondary N) is 2. The van der Waals surface area contributed by atoms with Crippen LogP contribution in [0, 0.1) is 0 Å². The van der Waals surface area contributed by atoms with Gasteiger partial charge in [0.25, 0.3) is 5.91 Å². The molecule has 2 aromatic heterocycles. The first-order chi connectivity index (χ1) is 9.88. The summed E-state index contributed by atoms with van der Waals surface area (Å²) in [5, 5.41) is 2.72. The van der Waals surface area contributed by atoms with Crippen molar-refractivity contribution >= 4 is 43.2 Å². The maximum absolute atomic E-state index is 12.0. The molecule has 0 atom stereocenters.